The van der Waals surface area contributed by atoms with Crippen LogP contribution in [0.5, 0.6) is 0 Å². The van der Waals surface area contributed by atoms with Gasteiger partial charge in [0.1, 0.15) is 5.82 Å². The molecule has 5 rings (SSSR count). The molecule has 0 fully saturated rings. The Morgan fingerprint density at radius 1 is 1.00 bits per heavy atom. The van der Waals surface area contributed by atoms with Gasteiger partial charge in [-0.1, -0.05) is 77.4 Å². The lowest BCUT2D eigenvalue weighted by Gasteiger charge is -2.36. The van der Waals surface area contributed by atoms with E-state index in [1.807, 2.05) is 6.07 Å². The van der Waals surface area contributed by atoms with Crippen molar-refractivity contribution in [3.05, 3.63) is 88.0 Å². The molecule has 3 N–H and O–H groups in total. The molecule has 0 unspecified atom stereocenters. The molecule has 256 valence electrons. The molecule has 9 heteroatoms. The molecule has 5 aromatic rings. The topological polar surface area (TPSA) is 100.0 Å². The minimum Gasteiger partial charge on any atom is -0.413 e. The highest BCUT2D eigenvalue weighted by Gasteiger charge is 2.37. The van der Waals surface area contributed by atoms with E-state index in [2.05, 4.69) is 112 Å². The van der Waals surface area contributed by atoms with Gasteiger partial charge in [0.25, 0.3) is 5.56 Å². The van der Waals surface area contributed by atoms with Gasteiger partial charge in [0, 0.05) is 37.1 Å². The molecule has 0 aliphatic heterocycles. The number of unbranched alkanes of at least 4 members (excludes halogenated alkanes) is 2. The highest BCUT2D eigenvalue weighted by Crippen LogP contribution is 2.38. The third-order valence-corrected chi connectivity index (χ3v) is 14.2. The Morgan fingerprint density at radius 2 is 1.77 bits per heavy atom. The average molecular weight is 667 g/mol. The number of hydrogen-bond acceptors (Lipinski definition) is 6. The van der Waals surface area contributed by atoms with Crippen LogP contribution in [0.3, 0.4) is 0 Å². The van der Waals surface area contributed by atoms with Crippen LogP contribution in [0.15, 0.2) is 65.6 Å². The summed E-state index contributed by atoms with van der Waals surface area (Å²) in [6.07, 6.45) is 6.08. The van der Waals surface area contributed by atoms with E-state index in [-0.39, 0.29) is 10.6 Å². The summed E-state index contributed by atoms with van der Waals surface area (Å²) in [4.78, 5) is 18.9. The maximum atomic E-state index is 14.0. The van der Waals surface area contributed by atoms with E-state index >= 15 is 0 Å². The molecule has 0 atom stereocenters. The zero-order chi connectivity index (χ0) is 34.6. The number of benzene rings is 2. The van der Waals surface area contributed by atoms with Gasteiger partial charge in [-0.3, -0.25) is 4.79 Å². The predicted molar refractivity (Wildman–Crippen MR) is 203 cm³/mol. The third kappa shape index (κ3) is 7.91. The summed E-state index contributed by atoms with van der Waals surface area (Å²) in [6, 6.07) is 19.0. The molecule has 0 bridgehead atoms. The van der Waals surface area contributed by atoms with Crippen LogP contribution in [0.2, 0.25) is 18.1 Å². The summed E-state index contributed by atoms with van der Waals surface area (Å²) < 4.78 is 10.4. The Bertz CT molecular complexity index is 1940. The fourth-order valence-corrected chi connectivity index (χ4v) is 6.97. The third-order valence-electron chi connectivity index (χ3n) is 9.71. The van der Waals surface area contributed by atoms with Gasteiger partial charge in [0.2, 0.25) is 0 Å². The first-order valence-corrected chi connectivity index (χ1v) is 20.3. The highest BCUT2D eigenvalue weighted by molar-refractivity contribution is 6.74. The predicted octanol–water partition coefficient (Wildman–Crippen LogP) is 8.26. The molecule has 0 spiro atoms. The van der Waals surface area contributed by atoms with E-state index in [1.54, 1.807) is 7.05 Å². The highest BCUT2D eigenvalue weighted by atomic mass is 28.4. The number of nitrogens with one attached hydrogen (secondary N) is 1. The van der Waals surface area contributed by atoms with Crippen molar-refractivity contribution < 1.29 is 4.43 Å². The van der Waals surface area contributed by atoms with E-state index in [0.717, 1.165) is 89.0 Å². The van der Waals surface area contributed by atoms with Crippen molar-refractivity contribution in [1.29, 1.82) is 0 Å². The Balaban J connectivity index is 1.64. The van der Waals surface area contributed by atoms with Gasteiger partial charge in [0.15, 0.2) is 8.32 Å². The maximum Gasteiger partial charge on any atom is 0.276 e. The van der Waals surface area contributed by atoms with Crippen LogP contribution in [0.1, 0.15) is 70.7 Å². The van der Waals surface area contributed by atoms with Gasteiger partial charge in [0.05, 0.1) is 28.9 Å². The van der Waals surface area contributed by atoms with Crippen LogP contribution >= 0.6 is 0 Å². The molecule has 0 radical (unpaired) electrons. The molecule has 0 aliphatic rings. The normalized spacial score (nSPS) is 12.5. The summed E-state index contributed by atoms with van der Waals surface area (Å²) in [7, 11) is -0.187. The van der Waals surface area contributed by atoms with Crippen molar-refractivity contribution in [2.45, 2.75) is 91.6 Å². The summed E-state index contributed by atoms with van der Waals surface area (Å²) >= 11 is 0. The molecule has 0 aliphatic carbocycles. The molecule has 0 saturated carbocycles. The summed E-state index contributed by atoms with van der Waals surface area (Å²) in [5.74, 6) is 1.25. The van der Waals surface area contributed by atoms with Gasteiger partial charge in [-0.2, -0.15) is 5.10 Å². The number of pyridine rings is 1. The first kappa shape index (κ1) is 35.5. The number of nitrogens with zero attached hydrogens (tertiary/aromatic N) is 4. The van der Waals surface area contributed by atoms with Crippen molar-refractivity contribution in [2.75, 3.05) is 18.4 Å². The van der Waals surface area contributed by atoms with Crippen molar-refractivity contribution >= 4 is 35.8 Å². The number of anilines is 1. The molecular weight excluding hydrogens is 613 g/mol. The van der Waals surface area contributed by atoms with Crippen LogP contribution in [-0.2, 0) is 31.0 Å². The Labute approximate surface area is 286 Å². The molecule has 8 nitrogen and oxygen atoms in total. The number of aromatic nitrogens is 4. The minimum atomic E-state index is -1.95. The number of fused-ring (bicyclic) bond motifs is 2. The molecule has 3 heterocycles. The quantitative estimate of drug-likeness (QED) is 0.0915. The number of rotatable bonds is 14. The zero-order valence-electron chi connectivity index (χ0n) is 30.2. The fraction of sp³-hybridized carbons (Fsp3) is 0.462. The van der Waals surface area contributed by atoms with E-state index in [4.69, 9.17) is 20.2 Å². The first-order chi connectivity index (χ1) is 22.8. The lowest BCUT2D eigenvalue weighted by atomic mass is 10.0. The standard InChI is InChI=1S/C39H54N6O2Si/c1-27(2)21-34-32-25-45(24-30-23-35(41-20-13-9-12-19-40)42-33-18-11-10-17-31(30)33)37(36(32)38(46)44(6)43-34)29-16-14-15-28(22-29)26-47-48(7,8)39(3,4)5/h10-11,14-18,22-23,25,27H,9,12-13,19-21,24,26,40H2,1-8H3,(H,41,42). The maximum absolute atomic E-state index is 14.0. The molecule has 2 aromatic carbocycles. The lowest BCUT2D eigenvalue weighted by Crippen LogP contribution is -2.40. The second kappa shape index (κ2) is 14.8. The van der Waals surface area contributed by atoms with Gasteiger partial charge >= 0.3 is 0 Å². The van der Waals surface area contributed by atoms with E-state index in [0.29, 0.717) is 24.5 Å². The van der Waals surface area contributed by atoms with E-state index < -0.39 is 8.32 Å². The van der Waals surface area contributed by atoms with Crippen LogP contribution in [0.4, 0.5) is 5.82 Å². The summed E-state index contributed by atoms with van der Waals surface area (Å²) in [5, 5.41) is 11.2. The Morgan fingerprint density at radius 3 is 2.50 bits per heavy atom. The lowest BCUT2D eigenvalue weighted by molar-refractivity contribution is 0.276. The van der Waals surface area contributed by atoms with Crippen molar-refractivity contribution in [3.8, 4) is 11.3 Å². The van der Waals surface area contributed by atoms with Gasteiger partial charge in [-0.25, -0.2) is 9.67 Å². The number of nitrogens with two attached hydrogens (primary N) is 1. The van der Waals surface area contributed by atoms with Crippen LogP contribution in [0, 0.1) is 5.92 Å². The average Bonchev–Trinajstić information content (AvgIpc) is 3.41. The fourth-order valence-electron chi connectivity index (χ4n) is 6.01. The minimum absolute atomic E-state index is 0.0893. The second-order valence-electron chi connectivity index (χ2n) is 15.1. The van der Waals surface area contributed by atoms with Crippen LogP contribution in [-0.4, -0.2) is 40.7 Å². The van der Waals surface area contributed by atoms with Crippen molar-refractivity contribution in [1.82, 2.24) is 19.3 Å². The SMILES string of the molecule is CC(C)Cc1nn(C)c(=O)c2c(-c3cccc(CO[Si](C)(C)C(C)(C)C)c3)n(Cc3cc(NCCCCCN)nc4ccccc34)cc12. The van der Waals surface area contributed by atoms with Crippen LogP contribution < -0.4 is 16.6 Å². The van der Waals surface area contributed by atoms with Gasteiger partial charge < -0.3 is 20.0 Å². The second-order valence-corrected chi connectivity index (χ2v) is 19.9. The number of aryl methyl sites for hydroxylation is 1. The van der Waals surface area contributed by atoms with Crippen LogP contribution in [0.25, 0.3) is 32.9 Å². The van der Waals surface area contributed by atoms with E-state index in [1.165, 1.54) is 4.68 Å². The summed E-state index contributed by atoms with van der Waals surface area (Å²) in [6.45, 7) is 18.4. The molecular formula is C39H54N6O2Si. The van der Waals surface area contributed by atoms with Gasteiger partial charge in [-0.15, -0.1) is 0 Å². The molecule has 3 aromatic heterocycles. The largest absolute Gasteiger partial charge is 0.413 e. The number of hydrogen-bond donors (Lipinski definition) is 2. The smallest absolute Gasteiger partial charge is 0.276 e. The Hall–Kier alpha value is -3.79. The monoisotopic (exact) mass is 666 g/mol. The number of para-hydroxylation sites is 1. The van der Waals surface area contributed by atoms with Crippen molar-refractivity contribution in [2.24, 2.45) is 18.7 Å². The zero-order valence-corrected chi connectivity index (χ0v) is 31.2. The molecule has 48 heavy (non-hydrogen) atoms. The molecule has 0 amide bonds. The summed E-state index contributed by atoms with van der Waals surface area (Å²) in [5.41, 5.74) is 11.6. The molecule has 0 saturated heterocycles. The Kier molecular flexibility index (Phi) is 10.9. The van der Waals surface area contributed by atoms with Gasteiger partial charge in [-0.05, 0) is 84.7 Å². The van der Waals surface area contributed by atoms with E-state index in [9.17, 15) is 4.79 Å². The van der Waals surface area contributed by atoms with Crippen molar-refractivity contribution in [3.63, 3.8) is 0 Å². The first-order valence-electron chi connectivity index (χ1n) is 17.4.